The first-order chi connectivity index (χ1) is 8.87. The number of amides is 1. The number of carbonyl (C=O) groups is 1. The zero-order valence-electron chi connectivity index (χ0n) is 10.4. The lowest BCUT2D eigenvalue weighted by molar-refractivity contribution is 0.181. The lowest BCUT2D eigenvalue weighted by Gasteiger charge is -2.17. The number of nitrogens with two attached hydrogens (primary N) is 1. The lowest BCUT2D eigenvalue weighted by Crippen LogP contribution is -2.33. The molecule has 0 aromatic heterocycles. The van der Waals surface area contributed by atoms with Crippen molar-refractivity contribution in [3.05, 3.63) is 29.8 Å². The number of benzene rings is 1. The van der Waals surface area contributed by atoms with E-state index >= 15 is 0 Å². The van der Waals surface area contributed by atoms with Gasteiger partial charge in [-0.1, -0.05) is 12.1 Å². The lowest BCUT2D eigenvalue weighted by atomic mass is 10.1. The van der Waals surface area contributed by atoms with Crippen LogP contribution in [-0.4, -0.2) is 27.7 Å². The minimum absolute atomic E-state index is 0.355. The second-order valence-corrected chi connectivity index (χ2v) is 5.57. The smallest absolute Gasteiger partial charge is 0.414 e. The van der Waals surface area contributed by atoms with Crippen molar-refractivity contribution in [2.45, 2.75) is 13.0 Å². The van der Waals surface area contributed by atoms with Crippen LogP contribution in [0.5, 0.6) is 0 Å². The molecule has 3 N–H and O–H groups in total. The van der Waals surface area contributed by atoms with Gasteiger partial charge in [-0.15, -0.1) is 0 Å². The monoisotopic (exact) mass is 285 g/mol. The van der Waals surface area contributed by atoms with Crippen molar-refractivity contribution in [1.29, 1.82) is 0 Å². The Morgan fingerprint density at radius 2 is 2.21 bits per heavy atom. The summed E-state index contributed by atoms with van der Waals surface area (Å²) in [5.41, 5.74) is 1.38. The van der Waals surface area contributed by atoms with Crippen molar-refractivity contribution >= 4 is 22.0 Å². The van der Waals surface area contributed by atoms with Crippen molar-refractivity contribution in [2.24, 2.45) is 5.14 Å². The van der Waals surface area contributed by atoms with Crippen LogP contribution in [0.25, 0.3) is 0 Å². The van der Waals surface area contributed by atoms with E-state index in [4.69, 9.17) is 9.88 Å². The summed E-state index contributed by atoms with van der Waals surface area (Å²) in [7, 11) is -3.77. The number of carbonyl (C=O) groups excluding carboxylic acids is 1. The molecule has 1 fully saturated rings. The van der Waals surface area contributed by atoms with Crippen LogP contribution in [0, 0.1) is 0 Å². The van der Waals surface area contributed by atoms with Crippen LogP contribution >= 0.6 is 0 Å². The summed E-state index contributed by atoms with van der Waals surface area (Å²) in [6, 6.07) is 6.52. The number of nitrogens with one attached hydrogen (secondary N) is 1. The fourth-order valence-corrected chi connectivity index (χ4v) is 2.53. The quantitative estimate of drug-likeness (QED) is 0.840. The number of cyclic esters (lactones) is 1. The highest BCUT2D eigenvalue weighted by Crippen LogP contribution is 2.23. The fraction of sp³-hybridized carbons (Fsp3) is 0.364. The third-order valence-corrected chi connectivity index (χ3v) is 3.47. The number of hydrogen-bond donors (Lipinski definition) is 2. The van der Waals surface area contributed by atoms with Crippen molar-refractivity contribution in [1.82, 2.24) is 4.72 Å². The molecule has 1 unspecified atom stereocenters. The predicted octanol–water partition coefficient (Wildman–Crippen LogP) is 0.497. The molecule has 0 aliphatic carbocycles. The zero-order chi connectivity index (χ0) is 14.0. The molecule has 0 bridgehead atoms. The van der Waals surface area contributed by atoms with Gasteiger partial charge in [0.25, 0.3) is 10.2 Å². The molecule has 1 amide bonds. The van der Waals surface area contributed by atoms with E-state index in [1.165, 1.54) is 4.90 Å². The van der Waals surface area contributed by atoms with Gasteiger partial charge in [0.05, 0.1) is 6.54 Å². The molecule has 0 spiro atoms. The minimum atomic E-state index is -3.77. The van der Waals surface area contributed by atoms with E-state index in [1.807, 2.05) is 0 Å². The highest BCUT2D eigenvalue weighted by molar-refractivity contribution is 7.87. The maximum absolute atomic E-state index is 11.5. The average Bonchev–Trinajstić information content (AvgIpc) is 2.73. The molecule has 8 heteroatoms. The van der Waals surface area contributed by atoms with E-state index in [2.05, 4.69) is 4.72 Å². The molecule has 0 radical (unpaired) electrons. The summed E-state index contributed by atoms with van der Waals surface area (Å²) in [5.74, 6) is 0. The molecule has 1 aromatic carbocycles. The summed E-state index contributed by atoms with van der Waals surface area (Å²) in [5, 5.41) is 4.93. The van der Waals surface area contributed by atoms with Crippen molar-refractivity contribution in [3.63, 3.8) is 0 Å². The van der Waals surface area contributed by atoms with Gasteiger partial charge in [0, 0.05) is 11.7 Å². The first kappa shape index (κ1) is 13.8. The van der Waals surface area contributed by atoms with Crippen molar-refractivity contribution in [3.8, 4) is 0 Å². The molecule has 7 nitrogen and oxygen atoms in total. The molecule has 0 saturated carbocycles. The van der Waals surface area contributed by atoms with Gasteiger partial charge in [-0.25, -0.2) is 9.93 Å². The Kier molecular flexibility index (Phi) is 3.74. The number of hydrogen-bond acceptors (Lipinski definition) is 4. The van der Waals surface area contributed by atoms with E-state index in [0.717, 1.165) is 0 Å². The van der Waals surface area contributed by atoms with Crippen LogP contribution in [0.4, 0.5) is 10.5 Å². The van der Waals surface area contributed by atoms with E-state index in [1.54, 1.807) is 31.2 Å². The first-order valence-corrected chi connectivity index (χ1v) is 7.26. The second-order valence-electron chi connectivity index (χ2n) is 4.25. The molecule has 2 rings (SSSR count). The van der Waals surface area contributed by atoms with Gasteiger partial charge in [0.1, 0.15) is 6.61 Å². The molecule has 1 aliphatic rings. The van der Waals surface area contributed by atoms with E-state index in [-0.39, 0.29) is 0 Å². The number of ether oxygens (including phenoxy) is 1. The molecule has 1 aromatic rings. The summed E-state index contributed by atoms with van der Waals surface area (Å²) < 4.78 is 29.1. The maximum atomic E-state index is 11.5. The van der Waals surface area contributed by atoms with Crippen LogP contribution in [0.1, 0.15) is 18.5 Å². The van der Waals surface area contributed by atoms with Crippen LogP contribution in [-0.2, 0) is 14.9 Å². The number of nitrogens with zero attached hydrogens (tertiary/aromatic N) is 1. The highest BCUT2D eigenvalue weighted by Gasteiger charge is 2.24. The molecule has 19 heavy (non-hydrogen) atoms. The van der Waals surface area contributed by atoms with Crippen LogP contribution in [0.15, 0.2) is 24.3 Å². The van der Waals surface area contributed by atoms with E-state index in [9.17, 15) is 13.2 Å². The standard InChI is InChI=1S/C11H15N3O4S/c1-8(13-19(12,16)17)9-3-2-4-10(7-9)14-5-6-18-11(14)15/h2-4,7-8,13H,5-6H2,1H3,(H2,12,16,17). The molecular weight excluding hydrogens is 270 g/mol. The molecule has 104 valence electrons. The van der Waals surface area contributed by atoms with Gasteiger partial charge in [-0.05, 0) is 24.6 Å². The number of anilines is 1. The topological polar surface area (TPSA) is 102 Å². The van der Waals surface area contributed by atoms with E-state index < -0.39 is 22.3 Å². The van der Waals surface area contributed by atoms with Crippen LogP contribution in [0.3, 0.4) is 0 Å². The molecule has 1 atom stereocenters. The van der Waals surface area contributed by atoms with Gasteiger partial charge < -0.3 is 4.74 Å². The minimum Gasteiger partial charge on any atom is -0.447 e. The summed E-state index contributed by atoms with van der Waals surface area (Å²) in [6.45, 7) is 2.51. The number of rotatable bonds is 4. The van der Waals surface area contributed by atoms with Gasteiger partial charge in [-0.3, -0.25) is 4.90 Å². The van der Waals surface area contributed by atoms with Crippen LogP contribution in [0.2, 0.25) is 0 Å². The average molecular weight is 285 g/mol. The van der Waals surface area contributed by atoms with Gasteiger partial charge >= 0.3 is 6.09 Å². The van der Waals surface area contributed by atoms with Gasteiger partial charge in [0.2, 0.25) is 0 Å². The summed E-state index contributed by atoms with van der Waals surface area (Å²) in [4.78, 5) is 13.0. The Hall–Kier alpha value is -1.64. The Bertz CT molecular complexity index is 587. The van der Waals surface area contributed by atoms with E-state index in [0.29, 0.717) is 24.4 Å². The molecule has 1 heterocycles. The Morgan fingerprint density at radius 3 is 2.79 bits per heavy atom. The molecular formula is C11H15N3O4S. The normalized spacial score (nSPS) is 17.4. The van der Waals surface area contributed by atoms with Crippen molar-refractivity contribution < 1.29 is 17.9 Å². The van der Waals surface area contributed by atoms with Gasteiger partial charge in [0.15, 0.2) is 0 Å². The highest BCUT2D eigenvalue weighted by atomic mass is 32.2. The first-order valence-electron chi connectivity index (χ1n) is 5.71. The van der Waals surface area contributed by atoms with Gasteiger partial charge in [-0.2, -0.15) is 13.1 Å². The fourth-order valence-electron chi connectivity index (χ4n) is 1.90. The summed E-state index contributed by atoms with van der Waals surface area (Å²) >= 11 is 0. The zero-order valence-corrected chi connectivity index (χ0v) is 11.2. The Labute approximate surface area is 111 Å². The Morgan fingerprint density at radius 1 is 1.47 bits per heavy atom. The third kappa shape index (κ3) is 3.43. The second kappa shape index (κ2) is 5.16. The predicted molar refractivity (Wildman–Crippen MR) is 69.8 cm³/mol. The third-order valence-electron chi connectivity index (χ3n) is 2.78. The molecule has 1 aliphatic heterocycles. The van der Waals surface area contributed by atoms with Crippen LogP contribution < -0.4 is 14.8 Å². The summed E-state index contributed by atoms with van der Waals surface area (Å²) in [6.07, 6.45) is -0.399. The molecule has 1 saturated heterocycles. The Balaban J connectivity index is 2.22. The van der Waals surface area contributed by atoms with Crippen molar-refractivity contribution in [2.75, 3.05) is 18.1 Å². The SMILES string of the molecule is CC(NS(N)(=O)=O)c1cccc(N2CCOC2=O)c1. The largest absolute Gasteiger partial charge is 0.447 e. The maximum Gasteiger partial charge on any atom is 0.414 e.